The highest BCUT2D eigenvalue weighted by atomic mass is 15.2. The minimum Gasteiger partial charge on any atom is -0.311 e. The zero-order valence-electron chi connectivity index (χ0n) is 36.1. The highest BCUT2D eigenvalue weighted by Gasteiger charge is 2.53. The van der Waals surface area contributed by atoms with Crippen LogP contribution in [0.2, 0.25) is 0 Å². The molecule has 0 radical (unpaired) electrons. The maximum atomic E-state index is 2.67. The van der Waals surface area contributed by atoms with Gasteiger partial charge in [-0.2, -0.15) is 0 Å². The number of anilines is 8. The summed E-state index contributed by atoms with van der Waals surface area (Å²) in [5.74, 6) is 0.510. The lowest BCUT2D eigenvalue weighted by atomic mass is 9.30. The van der Waals surface area contributed by atoms with Crippen LogP contribution in [0, 0.1) is 0 Å². The first-order valence-corrected chi connectivity index (χ1v) is 22.9. The lowest BCUT2D eigenvalue weighted by Crippen LogP contribution is -2.57. The van der Waals surface area contributed by atoms with Crippen molar-refractivity contribution in [3.05, 3.63) is 222 Å². The molecule has 0 spiro atoms. The van der Waals surface area contributed by atoms with Gasteiger partial charge < -0.3 is 14.7 Å². The molecule has 4 aliphatic rings. The van der Waals surface area contributed by atoms with E-state index >= 15 is 0 Å². The van der Waals surface area contributed by atoms with Crippen LogP contribution in [0.3, 0.4) is 0 Å². The van der Waals surface area contributed by atoms with Crippen molar-refractivity contribution in [3.63, 3.8) is 0 Å². The Bertz CT molecular complexity index is 3000. The van der Waals surface area contributed by atoms with Gasteiger partial charge in [0.25, 0.3) is 0 Å². The van der Waals surface area contributed by atoms with Gasteiger partial charge in [-0.05, 0) is 125 Å². The predicted octanol–water partition coefficient (Wildman–Crippen LogP) is 14.7. The second kappa shape index (κ2) is 15.1. The number of rotatable bonds is 7. The van der Waals surface area contributed by atoms with Gasteiger partial charge >= 0.3 is 0 Å². The van der Waals surface area contributed by atoms with E-state index in [2.05, 4.69) is 229 Å². The summed E-state index contributed by atoms with van der Waals surface area (Å²) in [6, 6.07) is 74.6. The molecule has 0 N–H and O–H groups in total. The second-order valence-corrected chi connectivity index (χ2v) is 18.3. The van der Waals surface area contributed by atoms with Crippen LogP contribution in [0.15, 0.2) is 206 Å². The third-order valence-electron chi connectivity index (χ3n) is 14.4. The fraction of sp³-hybridized carbons (Fsp3) is 0.153. The van der Waals surface area contributed by atoms with Crippen LogP contribution < -0.4 is 25.6 Å². The van der Waals surface area contributed by atoms with E-state index in [1.165, 1.54) is 105 Å². The van der Waals surface area contributed by atoms with E-state index in [0.29, 0.717) is 5.92 Å². The largest absolute Gasteiger partial charge is 0.311 e. The molecule has 8 aromatic rings. The Balaban J connectivity index is 1.14. The van der Waals surface area contributed by atoms with Crippen LogP contribution in [0.1, 0.15) is 68.6 Å². The summed E-state index contributed by atoms with van der Waals surface area (Å²) in [5, 5.41) is 0. The van der Waals surface area contributed by atoms with Crippen LogP contribution >= 0.6 is 0 Å². The summed E-state index contributed by atoms with van der Waals surface area (Å²) < 4.78 is 0. The molecule has 0 amide bonds. The molecule has 12 rings (SSSR count). The van der Waals surface area contributed by atoms with Gasteiger partial charge in [0.1, 0.15) is 0 Å². The van der Waals surface area contributed by atoms with Crippen LogP contribution in [0.5, 0.6) is 0 Å². The third kappa shape index (κ3) is 6.10. The van der Waals surface area contributed by atoms with E-state index < -0.39 is 0 Å². The minimum atomic E-state index is -0.218. The van der Waals surface area contributed by atoms with Gasteiger partial charge in [-0.25, -0.2) is 0 Å². The Kier molecular flexibility index (Phi) is 9.04. The maximum Gasteiger partial charge on any atom is 0.248 e. The fourth-order valence-corrected chi connectivity index (χ4v) is 11.6. The SMILES string of the molecule is CC1(C)C2=C(c3ccccc31)N(c1cccc(-c3ccccc3)c1)c1cc(C3CCCCC3)cc3c1B2c1ccccc1N3c1cccc(N(c2ccccc2)c2ccccc2)c1. The van der Waals surface area contributed by atoms with Gasteiger partial charge in [-0.1, -0.05) is 166 Å². The van der Waals surface area contributed by atoms with Crippen LogP contribution in [-0.2, 0) is 5.41 Å². The van der Waals surface area contributed by atoms with E-state index in [4.69, 9.17) is 0 Å². The second-order valence-electron chi connectivity index (χ2n) is 18.3. The highest BCUT2D eigenvalue weighted by Crippen LogP contribution is 2.57. The molecule has 0 unspecified atom stereocenters. The number of para-hydroxylation sites is 3. The quantitative estimate of drug-likeness (QED) is 0.148. The van der Waals surface area contributed by atoms with Gasteiger partial charge in [0.15, 0.2) is 0 Å². The van der Waals surface area contributed by atoms with Crippen molar-refractivity contribution < 1.29 is 0 Å². The molecule has 63 heavy (non-hydrogen) atoms. The van der Waals surface area contributed by atoms with Crippen LogP contribution in [0.4, 0.5) is 45.5 Å². The number of hydrogen-bond donors (Lipinski definition) is 0. The fourth-order valence-electron chi connectivity index (χ4n) is 11.6. The maximum absolute atomic E-state index is 2.67. The molecule has 0 bridgehead atoms. The van der Waals surface area contributed by atoms with Crippen LogP contribution in [0.25, 0.3) is 16.8 Å². The summed E-state index contributed by atoms with van der Waals surface area (Å²) in [7, 11) is 0. The first kappa shape index (κ1) is 37.7. The molecule has 3 nitrogen and oxygen atoms in total. The monoisotopic (exact) mass is 811 g/mol. The van der Waals surface area contributed by atoms with E-state index in [1.807, 2.05) is 0 Å². The zero-order chi connectivity index (χ0) is 42.1. The smallest absolute Gasteiger partial charge is 0.248 e. The topological polar surface area (TPSA) is 9.72 Å². The molecule has 2 aliphatic carbocycles. The molecule has 2 heterocycles. The molecule has 1 saturated carbocycles. The first-order valence-electron chi connectivity index (χ1n) is 22.9. The lowest BCUT2D eigenvalue weighted by molar-refractivity contribution is 0.444. The van der Waals surface area contributed by atoms with Crippen LogP contribution in [-0.4, -0.2) is 6.71 Å². The normalized spacial score (nSPS) is 16.0. The van der Waals surface area contributed by atoms with Crippen molar-refractivity contribution in [1.82, 2.24) is 0 Å². The van der Waals surface area contributed by atoms with Gasteiger partial charge in [0, 0.05) is 62.2 Å². The molecule has 0 atom stereocenters. The van der Waals surface area contributed by atoms with Gasteiger partial charge in [-0.3, -0.25) is 0 Å². The average Bonchev–Trinajstić information content (AvgIpc) is 3.58. The summed E-state index contributed by atoms with van der Waals surface area (Å²) >= 11 is 0. The number of benzene rings is 8. The van der Waals surface area contributed by atoms with Crippen molar-refractivity contribution in [2.45, 2.75) is 57.3 Å². The summed E-state index contributed by atoms with van der Waals surface area (Å²) in [5.41, 5.74) is 21.6. The summed E-state index contributed by atoms with van der Waals surface area (Å²) in [6.45, 7) is 5.00. The van der Waals surface area contributed by atoms with Crippen molar-refractivity contribution in [1.29, 1.82) is 0 Å². The Morgan fingerprint density at radius 1 is 0.492 bits per heavy atom. The van der Waals surface area contributed by atoms with Gasteiger partial charge in [-0.15, -0.1) is 0 Å². The molecule has 8 aromatic carbocycles. The Morgan fingerprint density at radius 2 is 1.06 bits per heavy atom. The molecule has 4 heteroatoms. The summed E-state index contributed by atoms with van der Waals surface area (Å²) in [4.78, 5) is 7.66. The molecule has 2 aliphatic heterocycles. The number of allylic oxidation sites excluding steroid dienone is 1. The Hall–Kier alpha value is -7.04. The predicted molar refractivity (Wildman–Crippen MR) is 267 cm³/mol. The van der Waals surface area contributed by atoms with Gasteiger partial charge in [0.05, 0.1) is 0 Å². The summed E-state index contributed by atoms with van der Waals surface area (Å²) in [6.07, 6.45) is 6.34. The third-order valence-corrected chi connectivity index (χ3v) is 14.4. The highest BCUT2D eigenvalue weighted by molar-refractivity contribution is 6.96. The molecule has 0 saturated heterocycles. The molecular weight excluding hydrogens is 761 g/mol. The van der Waals surface area contributed by atoms with Gasteiger partial charge in [0.2, 0.25) is 6.71 Å². The minimum absolute atomic E-state index is 0.0714. The number of nitrogens with zero attached hydrogens (tertiary/aromatic N) is 3. The molecule has 1 fully saturated rings. The molecule has 304 valence electrons. The van der Waals surface area contributed by atoms with E-state index in [9.17, 15) is 0 Å². The number of hydrogen-bond acceptors (Lipinski definition) is 3. The Labute approximate surface area is 372 Å². The average molecular weight is 812 g/mol. The van der Waals surface area contributed by atoms with E-state index in [1.54, 1.807) is 0 Å². The van der Waals surface area contributed by atoms with Crippen molar-refractivity contribution in [2.75, 3.05) is 14.7 Å². The molecular formula is C59H50BN3. The van der Waals surface area contributed by atoms with Crippen molar-refractivity contribution in [3.8, 4) is 11.1 Å². The van der Waals surface area contributed by atoms with E-state index in [0.717, 1.165) is 22.7 Å². The van der Waals surface area contributed by atoms with Crippen molar-refractivity contribution in [2.24, 2.45) is 0 Å². The molecule has 0 aromatic heterocycles. The lowest BCUT2D eigenvalue weighted by Gasteiger charge is -2.46. The zero-order valence-corrected chi connectivity index (χ0v) is 36.1. The van der Waals surface area contributed by atoms with Crippen molar-refractivity contribution >= 4 is 68.8 Å². The first-order chi connectivity index (χ1) is 31.0. The standard InChI is InChI=1S/C59H50BN3/c1-59(2)51-34-16-15-33-50(51)57-58(59)60-52-35-17-18-36-53(52)62(49-32-20-31-48(40-49)61(45-26-11-5-12-27-45)46-28-13-6-14-29-46)54-38-44(42-23-9-4-10-24-42)39-55(56(54)60)63(57)47-30-19-25-43(37-47)41-21-7-3-8-22-41/h3,5-8,11-22,25-40,42H,4,9-10,23-24H2,1-2H3. The number of fused-ring (bicyclic) bond motifs is 5. The Morgan fingerprint density at radius 3 is 1.79 bits per heavy atom. The van der Waals surface area contributed by atoms with E-state index in [-0.39, 0.29) is 12.1 Å².